The summed E-state index contributed by atoms with van der Waals surface area (Å²) in [6.07, 6.45) is 0.196. The zero-order valence-electron chi connectivity index (χ0n) is 8.03. The molecule has 0 saturated carbocycles. The molecule has 13 heavy (non-hydrogen) atoms. The number of rotatable bonds is 4. The van der Waals surface area contributed by atoms with E-state index < -0.39 is 12.2 Å². The Hall–Kier alpha value is -0.380. The van der Waals surface area contributed by atoms with Crippen molar-refractivity contribution in [3.8, 4) is 0 Å². The minimum Gasteiger partial charge on any atom is -0.390 e. The minimum atomic E-state index is -0.716. The van der Waals surface area contributed by atoms with Crippen LogP contribution < -0.4 is 0 Å². The molecule has 2 N–H and O–H groups in total. The lowest BCUT2D eigenvalue weighted by Gasteiger charge is -2.16. The number of aliphatic hydroxyl groups is 2. The Morgan fingerprint density at radius 2 is 2.15 bits per heavy atom. The summed E-state index contributed by atoms with van der Waals surface area (Å²) in [5, 5.41) is 21.3. The highest BCUT2D eigenvalue weighted by Crippen LogP contribution is 2.26. The lowest BCUT2D eigenvalue weighted by atomic mass is 10.0. The first-order chi connectivity index (χ1) is 6.16. The number of hydrogen-bond acceptors (Lipinski definition) is 3. The van der Waals surface area contributed by atoms with Gasteiger partial charge in [0.25, 0.3) is 0 Å². The van der Waals surface area contributed by atoms with Crippen LogP contribution in [0.2, 0.25) is 0 Å². The monoisotopic (exact) mass is 200 g/mol. The molecule has 74 valence electrons. The van der Waals surface area contributed by atoms with Gasteiger partial charge in [0.2, 0.25) is 0 Å². The van der Waals surface area contributed by atoms with E-state index in [4.69, 9.17) is 0 Å². The minimum absolute atomic E-state index is 0.627. The number of thiophene rings is 1. The van der Waals surface area contributed by atoms with Crippen LogP contribution in [0.5, 0.6) is 0 Å². The van der Waals surface area contributed by atoms with Crippen molar-refractivity contribution < 1.29 is 10.2 Å². The van der Waals surface area contributed by atoms with Gasteiger partial charge < -0.3 is 10.2 Å². The summed E-state index contributed by atoms with van der Waals surface area (Å²) >= 11 is 1.60. The Balaban J connectivity index is 2.67. The van der Waals surface area contributed by atoms with Gasteiger partial charge >= 0.3 is 0 Å². The summed E-state index contributed by atoms with van der Waals surface area (Å²) in [5.41, 5.74) is 0.867. The summed E-state index contributed by atoms with van der Waals surface area (Å²) in [4.78, 5) is 1.09. The summed E-state index contributed by atoms with van der Waals surface area (Å²) in [6, 6.07) is 1.88. The maximum atomic E-state index is 9.75. The molecule has 0 bridgehead atoms. The van der Waals surface area contributed by atoms with Crippen molar-refractivity contribution in [2.24, 2.45) is 0 Å². The molecule has 1 aromatic rings. The van der Waals surface area contributed by atoms with Gasteiger partial charge in [-0.1, -0.05) is 13.3 Å². The van der Waals surface area contributed by atoms with E-state index in [2.05, 4.69) is 0 Å². The highest BCUT2D eigenvalue weighted by Gasteiger charge is 2.19. The highest BCUT2D eigenvalue weighted by atomic mass is 32.1. The van der Waals surface area contributed by atoms with E-state index in [1.165, 1.54) is 0 Å². The molecule has 0 aliphatic rings. The molecule has 1 heterocycles. The number of aryl methyl sites for hydroxylation is 1. The molecule has 0 fully saturated rings. The third-order valence-corrected chi connectivity index (χ3v) is 3.03. The van der Waals surface area contributed by atoms with E-state index in [1.54, 1.807) is 11.3 Å². The van der Waals surface area contributed by atoms with Gasteiger partial charge in [0.1, 0.15) is 6.10 Å². The van der Waals surface area contributed by atoms with Gasteiger partial charge in [0.15, 0.2) is 0 Å². The molecule has 0 aliphatic carbocycles. The Kier molecular flexibility index (Phi) is 3.90. The summed E-state index contributed by atoms with van der Waals surface area (Å²) in [7, 11) is 0. The molecule has 0 radical (unpaired) electrons. The van der Waals surface area contributed by atoms with Crippen LogP contribution in [-0.4, -0.2) is 16.3 Å². The largest absolute Gasteiger partial charge is 0.390 e. The first kappa shape index (κ1) is 10.7. The molecule has 2 unspecified atom stereocenters. The molecular weight excluding hydrogens is 184 g/mol. The Labute approximate surface area is 82.8 Å². The molecule has 0 aromatic carbocycles. The SMILES string of the molecule is CCCC(O)C(O)c1ccsc1C. The van der Waals surface area contributed by atoms with Crippen molar-refractivity contribution in [3.63, 3.8) is 0 Å². The lowest BCUT2D eigenvalue weighted by Crippen LogP contribution is -2.17. The Bertz CT molecular complexity index is 257. The fourth-order valence-corrected chi connectivity index (χ4v) is 2.11. The normalized spacial score (nSPS) is 15.7. The fraction of sp³-hybridized carbons (Fsp3) is 0.600. The van der Waals surface area contributed by atoms with Crippen molar-refractivity contribution in [1.82, 2.24) is 0 Å². The molecule has 0 saturated heterocycles. The highest BCUT2D eigenvalue weighted by molar-refractivity contribution is 7.10. The standard InChI is InChI=1S/C10H16O2S/c1-3-4-9(11)10(12)8-5-6-13-7(8)2/h5-6,9-12H,3-4H2,1-2H3. The fourth-order valence-electron chi connectivity index (χ4n) is 1.36. The van der Waals surface area contributed by atoms with Crippen LogP contribution in [0, 0.1) is 6.92 Å². The van der Waals surface area contributed by atoms with E-state index in [1.807, 2.05) is 25.3 Å². The number of aliphatic hydroxyl groups excluding tert-OH is 2. The average molecular weight is 200 g/mol. The van der Waals surface area contributed by atoms with Crippen LogP contribution in [0.15, 0.2) is 11.4 Å². The van der Waals surface area contributed by atoms with Crippen molar-refractivity contribution in [2.75, 3.05) is 0 Å². The van der Waals surface area contributed by atoms with Crippen LogP contribution in [0.4, 0.5) is 0 Å². The quantitative estimate of drug-likeness (QED) is 0.782. The third-order valence-electron chi connectivity index (χ3n) is 2.17. The number of hydrogen-bond donors (Lipinski definition) is 2. The van der Waals surface area contributed by atoms with Crippen molar-refractivity contribution in [2.45, 2.75) is 38.9 Å². The molecule has 0 amide bonds. The molecule has 3 heteroatoms. The van der Waals surface area contributed by atoms with Gasteiger partial charge in [-0.3, -0.25) is 0 Å². The molecule has 0 aliphatic heterocycles. The molecule has 2 atom stereocenters. The van der Waals surface area contributed by atoms with Gasteiger partial charge in [-0.2, -0.15) is 0 Å². The zero-order valence-corrected chi connectivity index (χ0v) is 8.84. The van der Waals surface area contributed by atoms with Gasteiger partial charge in [0.05, 0.1) is 6.10 Å². The molecule has 2 nitrogen and oxygen atoms in total. The second kappa shape index (κ2) is 4.74. The predicted molar refractivity (Wildman–Crippen MR) is 54.9 cm³/mol. The van der Waals surface area contributed by atoms with Crippen LogP contribution >= 0.6 is 11.3 Å². The van der Waals surface area contributed by atoms with Crippen LogP contribution in [0.1, 0.15) is 36.3 Å². The summed E-state index contributed by atoms with van der Waals surface area (Å²) in [6.45, 7) is 3.96. The van der Waals surface area contributed by atoms with Crippen molar-refractivity contribution in [1.29, 1.82) is 0 Å². The second-order valence-electron chi connectivity index (χ2n) is 3.23. The third kappa shape index (κ3) is 2.53. The molecule has 1 aromatic heterocycles. The second-order valence-corrected chi connectivity index (χ2v) is 4.35. The first-order valence-corrected chi connectivity index (χ1v) is 5.45. The van der Waals surface area contributed by atoms with Crippen LogP contribution in [0.25, 0.3) is 0 Å². The van der Waals surface area contributed by atoms with Gasteiger partial charge in [0, 0.05) is 4.88 Å². The van der Waals surface area contributed by atoms with Crippen LogP contribution in [0.3, 0.4) is 0 Å². The summed E-state index contributed by atoms with van der Waals surface area (Å²) < 4.78 is 0. The van der Waals surface area contributed by atoms with E-state index >= 15 is 0 Å². The van der Waals surface area contributed by atoms with Crippen molar-refractivity contribution in [3.05, 3.63) is 21.9 Å². The molecular formula is C10H16O2S. The maximum Gasteiger partial charge on any atom is 0.106 e. The van der Waals surface area contributed by atoms with Crippen molar-refractivity contribution >= 4 is 11.3 Å². The average Bonchev–Trinajstić information content (AvgIpc) is 2.50. The van der Waals surface area contributed by atoms with Gasteiger partial charge in [-0.25, -0.2) is 0 Å². The maximum absolute atomic E-state index is 9.75. The Morgan fingerprint density at radius 3 is 2.62 bits per heavy atom. The smallest absolute Gasteiger partial charge is 0.106 e. The topological polar surface area (TPSA) is 40.5 Å². The van der Waals surface area contributed by atoms with Gasteiger partial charge in [-0.15, -0.1) is 11.3 Å². The van der Waals surface area contributed by atoms with E-state index in [9.17, 15) is 10.2 Å². The first-order valence-electron chi connectivity index (χ1n) is 4.57. The van der Waals surface area contributed by atoms with E-state index in [-0.39, 0.29) is 0 Å². The molecule has 1 rings (SSSR count). The molecule has 0 spiro atoms. The predicted octanol–water partition coefficient (Wildman–Crippen LogP) is 2.25. The van der Waals surface area contributed by atoms with E-state index in [0.29, 0.717) is 6.42 Å². The van der Waals surface area contributed by atoms with Crippen LogP contribution in [-0.2, 0) is 0 Å². The van der Waals surface area contributed by atoms with E-state index in [0.717, 1.165) is 16.9 Å². The van der Waals surface area contributed by atoms with Gasteiger partial charge in [-0.05, 0) is 30.4 Å². The Morgan fingerprint density at radius 1 is 1.46 bits per heavy atom. The summed E-state index contributed by atoms with van der Waals surface area (Å²) in [5.74, 6) is 0. The lowest BCUT2D eigenvalue weighted by molar-refractivity contribution is 0.0130. The zero-order chi connectivity index (χ0) is 9.84.